The fourth-order valence-electron chi connectivity index (χ4n) is 3.89. The molecule has 0 aliphatic heterocycles. The molecular formula is C29H39N5O7S. The summed E-state index contributed by atoms with van der Waals surface area (Å²) in [7, 11) is 0. The fourth-order valence-corrected chi connectivity index (χ4v) is 4.36. The van der Waals surface area contributed by atoms with Crippen molar-refractivity contribution in [3.8, 4) is 5.75 Å². The summed E-state index contributed by atoms with van der Waals surface area (Å²) in [6, 6.07) is 9.85. The molecule has 5 unspecified atom stereocenters. The first-order valence-corrected chi connectivity index (χ1v) is 14.8. The summed E-state index contributed by atoms with van der Waals surface area (Å²) in [5, 5.41) is 29.0. The molecular weight excluding hydrogens is 562 g/mol. The summed E-state index contributed by atoms with van der Waals surface area (Å²) in [6.07, 6.45) is 2.32. The van der Waals surface area contributed by atoms with Crippen molar-refractivity contribution in [3.63, 3.8) is 0 Å². The van der Waals surface area contributed by atoms with Crippen LogP contribution in [0.5, 0.6) is 5.75 Å². The molecule has 13 heteroatoms. The molecule has 0 radical (unpaired) electrons. The van der Waals surface area contributed by atoms with Gasteiger partial charge in [0.2, 0.25) is 23.6 Å². The number of carbonyl (C=O) groups is 5. The van der Waals surface area contributed by atoms with Gasteiger partial charge >= 0.3 is 5.97 Å². The Labute approximate surface area is 249 Å². The Hall–Kier alpha value is -4.10. The predicted octanol–water partition coefficient (Wildman–Crippen LogP) is 0.321. The first kappa shape index (κ1) is 34.1. The molecule has 0 aromatic heterocycles. The number of rotatable bonds is 16. The predicted molar refractivity (Wildman–Crippen MR) is 160 cm³/mol. The Balaban J connectivity index is 1.99. The Kier molecular flexibility index (Phi) is 13.8. The molecule has 0 bridgehead atoms. The van der Waals surface area contributed by atoms with Gasteiger partial charge in [-0.3, -0.25) is 19.2 Å². The van der Waals surface area contributed by atoms with Gasteiger partial charge in [0.25, 0.3) is 0 Å². The van der Waals surface area contributed by atoms with Gasteiger partial charge in [-0.2, -0.15) is 11.8 Å². The number of phenols is 1. The molecule has 2 aromatic carbocycles. The number of hydrogen-bond acceptors (Lipinski definition) is 8. The minimum absolute atomic E-state index is 0.0860. The smallest absolute Gasteiger partial charge is 0.326 e. The van der Waals surface area contributed by atoms with Crippen LogP contribution in [0.4, 0.5) is 0 Å². The zero-order valence-electron chi connectivity index (χ0n) is 23.8. The largest absolute Gasteiger partial charge is 0.508 e. The SMILES string of the molecule is CSCCC(NC(=O)C(Cc1ccccc1)NC(=O)C(C)NC(=O)C(C)NC(=O)C(N)Cc1ccc(O)cc1)C(=O)O. The first-order valence-electron chi connectivity index (χ1n) is 13.4. The van der Waals surface area contributed by atoms with Crippen molar-refractivity contribution in [3.05, 3.63) is 65.7 Å². The van der Waals surface area contributed by atoms with Crippen molar-refractivity contribution in [2.24, 2.45) is 5.73 Å². The molecule has 42 heavy (non-hydrogen) atoms. The van der Waals surface area contributed by atoms with Gasteiger partial charge in [0, 0.05) is 6.42 Å². The first-order chi connectivity index (χ1) is 19.9. The number of benzene rings is 2. The number of thioether (sulfide) groups is 1. The molecule has 0 aliphatic carbocycles. The van der Waals surface area contributed by atoms with E-state index >= 15 is 0 Å². The average Bonchev–Trinajstić information content (AvgIpc) is 2.96. The Bertz CT molecular complexity index is 1210. The second-order valence-corrected chi connectivity index (χ2v) is 10.9. The number of phenolic OH excluding ortho intramolecular Hbond substituents is 1. The number of carboxylic acid groups (broad SMARTS) is 1. The van der Waals surface area contributed by atoms with Gasteiger partial charge in [-0.1, -0.05) is 42.5 Å². The summed E-state index contributed by atoms with van der Waals surface area (Å²) in [5.41, 5.74) is 7.43. The van der Waals surface area contributed by atoms with E-state index in [2.05, 4.69) is 21.3 Å². The Morgan fingerprint density at radius 2 is 1.26 bits per heavy atom. The van der Waals surface area contributed by atoms with Crippen molar-refractivity contribution in [2.45, 2.75) is 63.3 Å². The number of aliphatic carboxylic acids is 1. The van der Waals surface area contributed by atoms with E-state index < -0.39 is 59.8 Å². The van der Waals surface area contributed by atoms with E-state index in [1.54, 1.807) is 42.5 Å². The maximum Gasteiger partial charge on any atom is 0.326 e. The number of amides is 4. The van der Waals surface area contributed by atoms with Gasteiger partial charge in [-0.25, -0.2) is 4.79 Å². The molecule has 2 aromatic rings. The van der Waals surface area contributed by atoms with Crippen LogP contribution in [0.3, 0.4) is 0 Å². The summed E-state index contributed by atoms with van der Waals surface area (Å²) < 4.78 is 0. The molecule has 0 aliphatic rings. The van der Waals surface area contributed by atoms with Gasteiger partial charge in [0.1, 0.15) is 29.9 Å². The normalized spacial score (nSPS) is 14.4. The summed E-state index contributed by atoms with van der Waals surface area (Å²) >= 11 is 1.45. The number of aromatic hydroxyl groups is 1. The third kappa shape index (κ3) is 11.4. The quantitative estimate of drug-likeness (QED) is 0.142. The van der Waals surface area contributed by atoms with Crippen molar-refractivity contribution >= 4 is 41.4 Å². The van der Waals surface area contributed by atoms with E-state index in [-0.39, 0.29) is 25.0 Å². The maximum absolute atomic E-state index is 13.1. The standard InChI is InChI=1S/C29H39N5O7S/c1-17(32-27(38)22(30)15-20-9-11-21(35)12-10-20)25(36)31-18(2)26(37)34-24(16-19-7-5-4-6-8-19)28(39)33-23(29(40)41)13-14-42-3/h4-12,17-18,22-24,35H,13-16,30H2,1-3H3,(H,31,36)(H,32,38)(H,33,39)(H,34,37)(H,40,41). The lowest BCUT2D eigenvalue weighted by atomic mass is 10.0. The monoisotopic (exact) mass is 601 g/mol. The highest BCUT2D eigenvalue weighted by Gasteiger charge is 2.29. The van der Waals surface area contributed by atoms with E-state index in [9.17, 15) is 34.2 Å². The van der Waals surface area contributed by atoms with Gasteiger partial charge in [-0.05, 0) is 62.0 Å². The molecule has 0 spiro atoms. The van der Waals surface area contributed by atoms with E-state index in [1.165, 1.54) is 37.7 Å². The zero-order chi connectivity index (χ0) is 31.2. The van der Waals surface area contributed by atoms with Crippen LogP contribution >= 0.6 is 11.8 Å². The highest BCUT2D eigenvalue weighted by atomic mass is 32.2. The minimum atomic E-state index is -1.18. The molecule has 12 nitrogen and oxygen atoms in total. The Morgan fingerprint density at radius 1 is 0.738 bits per heavy atom. The van der Waals surface area contributed by atoms with Crippen molar-refractivity contribution < 1.29 is 34.2 Å². The lowest BCUT2D eigenvalue weighted by molar-refractivity contribution is -0.142. The van der Waals surface area contributed by atoms with E-state index in [1.807, 2.05) is 6.26 Å². The average molecular weight is 602 g/mol. The number of carbonyl (C=O) groups excluding carboxylic acids is 4. The van der Waals surface area contributed by atoms with Crippen LogP contribution in [0.25, 0.3) is 0 Å². The number of nitrogens with one attached hydrogen (secondary N) is 4. The highest BCUT2D eigenvalue weighted by molar-refractivity contribution is 7.98. The van der Waals surface area contributed by atoms with E-state index in [4.69, 9.17) is 5.73 Å². The fraction of sp³-hybridized carbons (Fsp3) is 0.414. The van der Waals surface area contributed by atoms with Crippen LogP contribution in [0, 0.1) is 0 Å². The van der Waals surface area contributed by atoms with Crippen LogP contribution in [0.1, 0.15) is 31.4 Å². The number of hydrogen-bond donors (Lipinski definition) is 7. The molecule has 5 atom stereocenters. The molecule has 8 N–H and O–H groups in total. The number of nitrogens with two attached hydrogens (primary N) is 1. The summed E-state index contributed by atoms with van der Waals surface area (Å²) in [6.45, 7) is 2.87. The van der Waals surface area contributed by atoms with E-state index in [0.29, 0.717) is 5.75 Å². The maximum atomic E-state index is 13.1. The van der Waals surface area contributed by atoms with Crippen molar-refractivity contribution in [2.75, 3.05) is 12.0 Å². The van der Waals surface area contributed by atoms with Crippen molar-refractivity contribution in [1.82, 2.24) is 21.3 Å². The van der Waals surface area contributed by atoms with Crippen LogP contribution in [-0.4, -0.2) is 82.0 Å². The molecule has 0 heterocycles. The molecule has 4 amide bonds. The van der Waals surface area contributed by atoms with Crippen molar-refractivity contribution in [1.29, 1.82) is 0 Å². The zero-order valence-corrected chi connectivity index (χ0v) is 24.6. The molecule has 0 saturated heterocycles. The Morgan fingerprint density at radius 3 is 1.83 bits per heavy atom. The van der Waals surface area contributed by atoms with Gasteiger partial charge < -0.3 is 37.2 Å². The second-order valence-electron chi connectivity index (χ2n) is 9.87. The lowest BCUT2D eigenvalue weighted by Gasteiger charge is -2.24. The van der Waals surface area contributed by atoms with Gasteiger partial charge in [-0.15, -0.1) is 0 Å². The van der Waals surface area contributed by atoms with Crippen LogP contribution in [0.15, 0.2) is 54.6 Å². The van der Waals surface area contributed by atoms with Crippen LogP contribution in [-0.2, 0) is 36.8 Å². The van der Waals surface area contributed by atoms with Gasteiger partial charge in [0.15, 0.2) is 0 Å². The lowest BCUT2D eigenvalue weighted by Crippen LogP contribution is -2.57. The topological polar surface area (TPSA) is 200 Å². The molecule has 2 rings (SSSR count). The number of carboxylic acids is 1. The van der Waals surface area contributed by atoms with Crippen LogP contribution < -0.4 is 27.0 Å². The van der Waals surface area contributed by atoms with Crippen LogP contribution in [0.2, 0.25) is 0 Å². The molecule has 228 valence electrons. The molecule has 0 saturated carbocycles. The second kappa shape index (κ2) is 17.0. The summed E-state index contributed by atoms with van der Waals surface area (Å²) in [5.74, 6) is -3.12. The molecule has 0 fully saturated rings. The third-order valence-corrected chi connectivity index (χ3v) is 7.02. The summed E-state index contributed by atoms with van der Waals surface area (Å²) in [4.78, 5) is 63.0. The van der Waals surface area contributed by atoms with E-state index in [0.717, 1.165) is 11.1 Å². The van der Waals surface area contributed by atoms with Gasteiger partial charge in [0.05, 0.1) is 6.04 Å². The third-order valence-electron chi connectivity index (χ3n) is 6.37. The minimum Gasteiger partial charge on any atom is -0.508 e. The highest BCUT2D eigenvalue weighted by Crippen LogP contribution is 2.11.